The Balaban J connectivity index is 2.09. The van der Waals surface area contributed by atoms with Crippen molar-refractivity contribution in [2.75, 3.05) is 13.2 Å². The van der Waals surface area contributed by atoms with Gasteiger partial charge in [-0.1, -0.05) is 13.8 Å². The molecule has 0 heterocycles. The molecule has 2 nitrogen and oxygen atoms in total. The lowest BCUT2D eigenvalue weighted by Crippen LogP contribution is -2.15. The second kappa shape index (κ2) is 4.23. The van der Waals surface area contributed by atoms with E-state index in [0.717, 1.165) is 32.5 Å². The van der Waals surface area contributed by atoms with Gasteiger partial charge in [0.15, 0.2) is 0 Å². The van der Waals surface area contributed by atoms with Crippen molar-refractivity contribution in [2.24, 2.45) is 11.3 Å². The third-order valence-electron chi connectivity index (χ3n) is 2.78. The van der Waals surface area contributed by atoms with Crippen LogP contribution in [0.3, 0.4) is 0 Å². The molecule has 2 heteroatoms. The van der Waals surface area contributed by atoms with Crippen molar-refractivity contribution in [3.05, 3.63) is 0 Å². The van der Waals surface area contributed by atoms with Gasteiger partial charge < -0.3 is 4.74 Å². The lowest BCUT2D eigenvalue weighted by Gasteiger charge is -2.12. The number of carbonyl (C=O) groups is 1. The van der Waals surface area contributed by atoms with Gasteiger partial charge >= 0.3 is 0 Å². The van der Waals surface area contributed by atoms with Crippen molar-refractivity contribution in [1.29, 1.82) is 0 Å². The Kier molecular flexibility index (Phi) is 3.48. The van der Waals surface area contributed by atoms with Crippen LogP contribution in [0.2, 0.25) is 0 Å². The highest BCUT2D eigenvalue weighted by atomic mass is 16.5. The van der Waals surface area contributed by atoms with Crippen molar-refractivity contribution in [2.45, 2.75) is 40.0 Å². The molecular formula is C11H20O2. The molecule has 0 aromatic heterocycles. The summed E-state index contributed by atoms with van der Waals surface area (Å²) in [6, 6.07) is 0. The molecule has 1 fully saturated rings. The highest BCUT2D eigenvalue weighted by Gasteiger charge is 2.46. The van der Waals surface area contributed by atoms with Gasteiger partial charge in [0.25, 0.3) is 0 Å². The Hall–Kier alpha value is -0.370. The molecule has 0 saturated heterocycles. The molecule has 0 spiro atoms. The van der Waals surface area contributed by atoms with Crippen molar-refractivity contribution in [1.82, 2.24) is 0 Å². The fourth-order valence-corrected chi connectivity index (χ4v) is 1.52. The number of Topliss-reactive ketones (excluding diaryl/α,β-unsaturated/α-hetero) is 1. The third-order valence-corrected chi connectivity index (χ3v) is 2.78. The summed E-state index contributed by atoms with van der Waals surface area (Å²) in [7, 11) is 0. The molecule has 0 bridgehead atoms. The van der Waals surface area contributed by atoms with Gasteiger partial charge in [-0.15, -0.1) is 0 Å². The molecule has 0 aromatic carbocycles. The van der Waals surface area contributed by atoms with E-state index in [-0.39, 0.29) is 5.41 Å². The van der Waals surface area contributed by atoms with E-state index in [9.17, 15) is 4.79 Å². The molecule has 0 aliphatic heterocycles. The van der Waals surface area contributed by atoms with E-state index < -0.39 is 0 Å². The lowest BCUT2D eigenvalue weighted by molar-refractivity contribution is -0.122. The summed E-state index contributed by atoms with van der Waals surface area (Å²) in [5.74, 6) is 0.938. The Labute approximate surface area is 80.7 Å². The fourth-order valence-electron chi connectivity index (χ4n) is 1.52. The standard InChI is InChI=1S/C11H20O2/c1-9(2)8-13-7-6-11(4-5-11)10(3)12/h9H,4-8H2,1-3H3. The van der Waals surface area contributed by atoms with Gasteiger partial charge in [-0.3, -0.25) is 4.79 Å². The van der Waals surface area contributed by atoms with Crippen molar-refractivity contribution < 1.29 is 9.53 Å². The third kappa shape index (κ3) is 3.11. The van der Waals surface area contributed by atoms with E-state index in [4.69, 9.17) is 4.74 Å². The summed E-state index contributed by atoms with van der Waals surface area (Å²) in [6.45, 7) is 7.54. The summed E-state index contributed by atoms with van der Waals surface area (Å²) in [5, 5.41) is 0. The predicted molar refractivity (Wildman–Crippen MR) is 52.6 cm³/mol. The smallest absolute Gasteiger partial charge is 0.136 e. The van der Waals surface area contributed by atoms with Gasteiger partial charge in [0.1, 0.15) is 5.78 Å². The lowest BCUT2D eigenvalue weighted by atomic mass is 9.99. The van der Waals surface area contributed by atoms with E-state index in [1.807, 2.05) is 0 Å². The minimum absolute atomic E-state index is 0.0248. The Bertz CT molecular complexity index is 181. The molecule has 0 radical (unpaired) electrons. The van der Waals surface area contributed by atoms with Gasteiger partial charge in [-0.05, 0) is 32.1 Å². The maximum absolute atomic E-state index is 11.2. The summed E-state index contributed by atoms with van der Waals surface area (Å²) in [6.07, 6.45) is 3.08. The SMILES string of the molecule is CC(=O)C1(CCOCC(C)C)CC1. The van der Waals surface area contributed by atoms with Crippen LogP contribution in [0, 0.1) is 11.3 Å². The Morgan fingerprint density at radius 3 is 2.46 bits per heavy atom. The molecule has 1 rings (SSSR count). The van der Waals surface area contributed by atoms with Crippen LogP contribution in [0.15, 0.2) is 0 Å². The zero-order chi connectivity index (χ0) is 9.90. The van der Waals surface area contributed by atoms with E-state index in [0.29, 0.717) is 11.7 Å². The van der Waals surface area contributed by atoms with Crippen LogP contribution in [0.25, 0.3) is 0 Å². The molecule has 1 aliphatic carbocycles. The van der Waals surface area contributed by atoms with Gasteiger partial charge in [-0.25, -0.2) is 0 Å². The molecule has 0 unspecified atom stereocenters. The quantitative estimate of drug-likeness (QED) is 0.592. The maximum atomic E-state index is 11.2. The fraction of sp³-hybridized carbons (Fsp3) is 0.909. The predicted octanol–water partition coefficient (Wildman–Crippen LogP) is 2.42. The highest BCUT2D eigenvalue weighted by molar-refractivity contribution is 5.84. The number of hydrogen-bond donors (Lipinski definition) is 0. The summed E-state index contributed by atoms with van der Waals surface area (Å²) in [5.41, 5.74) is 0.0248. The van der Waals surface area contributed by atoms with Crippen LogP contribution in [-0.2, 0) is 9.53 Å². The molecule has 0 atom stereocenters. The van der Waals surface area contributed by atoms with E-state index in [2.05, 4.69) is 13.8 Å². The maximum Gasteiger partial charge on any atom is 0.136 e. The molecule has 76 valence electrons. The first-order valence-corrected chi connectivity index (χ1v) is 5.16. The Morgan fingerprint density at radius 2 is 2.08 bits per heavy atom. The molecule has 1 saturated carbocycles. The van der Waals surface area contributed by atoms with Gasteiger partial charge in [0, 0.05) is 18.6 Å². The summed E-state index contributed by atoms with van der Waals surface area (Å²) < 4.78 is 5.47. The summed E-state index contributed by atoms with van der Waals surface area (Å²) >= 11 is 0. The number of ether oxygens (including phenoxy) is 1. The normalized spacial score (nSPS) is 19.1. The Morgan fingerprint density at radius 1 is 1.46 bits per heavy atom. The molecule has 0 amide bonds. The highest BCUT2D eigenvalue weighted by Crippen LogP contribution is 2.49. The first-order valence-electron chi connectivity index (χ1n) is 5.16. The zero-order valence-corrected chi connectivity index (χ0v) is 8.93. The summed E-state index contributed by atoms with van der Waals surface area (Å²) in [4.78, 5) is 11.2. The van der Waals surface area contributed by atoms with Crippen LogP contribution >= 0.6 is 0 Å². The monoisotopic (exact) mass is 184 g/mol. The number of carbonyl (C=O) groups excluding carboxylic acids is 1. The van der Waals surface area contributed by atoms with E-state index in [1.54, 1.807) is 6.92 Å². The van der Waals surface area contributed by atoms with E-state index >= 15 is 0 Å². The van der Waals surface area contributed by atoms with Gasteiger partial charge in [0.2, 0.25) is 0 Å². The minimum Gasteiger partial charge on any atom is -0.381 e. The second-order valence-electron chi connectivity index (χ2n) is 4.56. The zero-order valence-electron chi connectivity index (χ0n) is 8.93. The van der Waals surface area contributed by atoms with Crippen LogP contribution < -0.4 is 0 Å². The van der Waals surface area contributed by atoms with Crippen molar-refractivity contribution in [3.8, 4) is 0 Å². The molecular weight excluding hydrogens is 164 g/mol. The molecule has 0 aromatic rings. The average Bonchev–Trinajstić information content (AvgIpc) is 2.78. The van der Waals surface area contributed by atoms with Gasteiger partial charge in [0.05, 0.1) is 0 Å². The number of ketones is 1. The minimum atomic E-state index is 0.0248. The van der Waals surface area contributed by atoms with Crippen LogP contribution in [0.4, 0.5) is 0 Å². The van der Waals surface area contributed by atoms with Crippen molar-refractivity contribution in [3.63, 3.8) is 0 Å². The number of hydrogen-bond acceptors (Lipinski definition) is 2. The largest absolute Gasteiger partial charge is 0.381 e. The second-order valence-corrected chi connectivity index (χ2v) is 4.56. The topological polar surface area (TPSA) is 26.3 Å². The molecule has 1 aliphatic rings. The van der Waals surface area contributed by atoms with Crippen LogP contribution in [0.1, 0.15) is 40.0 Å². The first-order chi connectivity index (χ1) is 6.07. The average molecular weight is 184 g/mol. The first kappa shape index (κ1) is 10.7. The molecule has 13 heavy (non-hydrogen) atoms. The van der Waals surface area contributed by atoms with Crippen LogP contribution in [0.5, 0.6) is 0 Å². The van der Waals surface area contributed by atoms with Crippen molar-refractivity contribution >= 4 is 5.78 Å². The van der Waals surface area contributed by atoms with Crippen LogP contribution in [-0.4, -0.2) is 19.0 Å². The number of rotatable bonds is 6. The van der Waals surface area contributed by atoms with Gasteiger partial charge in [-0.2, -0.15) is 0 Å². The molecule has 0 N–H and O–H groups in total. The van der Waals surface area contributed by atoms with E-state index in [1.165, 1.54) is 0 Å².